The number of amides is 5. The van der Waals surface area contributed by atoms with Crippen molar-refractivity contribution in [3.8, 4) is 11.8 Å². The van der Waals surface area contributed by atoms with E-state index in [0.29, 0.717) is 18.4 Å². The molecular formula is C71H92IN7O32P4Pd. The Morgan fingerprint density at radius 3 is 1.44 bits per heavy atom. The van der Waals surface area contributed by atoms with Crippen molar-refractivity contribution in [2.24, 2.45) is 17.4 Å². The monoisotopic (exact) mass is 1910 g/mol. The van der Waals surface area contributed by atoms with Crippen LogP contribution in [0.4, 0.5) is 4.79 Å². The molecule has 0 spiro atoms. The number of nitrogens with two attached hydrogens (primary N) is 2. The van der Waals surface area contributed by atoms with Gasteiger partial charge in [-0.1, -0.05) is 134 Å². The molecule has 20 N–H and O–H groups in total. The van der Waals surface area contributed by atoms with E-state index >= 15 is 0 Å². The predicted octanol–water partition coefficient (Wildman–Crippen LogP) is -1.61. The summed E-state index contributed by atoms with van der Waals surface area (Å²) in [7, 11) is -15.7. The number of carbonyl (C=O) groups is 5. The molecule has 10 aliphatic rings. The number of aliphatic hydroxyl groups is 11. The van der Waals surface area contributed by atoms with Crippen molar-refractivity contribution in [1.29, 1.82) is 0 Å². The number of nitrogens with zero attached hydrogens (tertiary/aromatic N) is 4. The normalized spacial score (nSPS) is 31.2. The molecule has 3 aromatic carbocycles. The van der Waals surface area contributed by atoms with Crippen LogP contribution in [0.2, 0.25) is 0 Å². The van der Waals surface area contributed by atoms with Crippen LogP contribution in [0, 0.1) is 17.8 Å². The van der Waals surface area contributed by atoms with E-state index in [0.717, 1.165) is 30.9 Å². The smallest absolute Gasteiger partial charge is 0.394 e. The van der Waals surface area contributed by atoms with Crippen molar-refractivity contribution in [2.75, 3.05) is 33.5 Å². The number of aliphatic hydroxyl groups excluding tert-OH is 11. The number of phosphoric acid groups is 3. The summed E-state index contributed by atoms with van der Waals surface area (Å²) >= 11 is 2.01. The maximum Gasteiger partial charge on any atom is 0.490 e. The molecule has 0 radical (unpaired) electrons. The van der Waals surface area contributed by atoms with Gasteiger partial charge in [0.1, 0.15) is 85.3 Å². The molecule has 640 valence electrons. The van der Waals surface area contributed by atoms with Gasteiger partial charge in [0.05, 0.1) is 46.0 Å². The molecule has 4 saturated heterocycles. The van der Waals surface area contributed by atoms with Crippen molar-refractivity contribution in [2.45, 2.75) is 162 Å². The minimum absolute atomic E-state index is 0. The zero-order valence-corrected chi connectivity index (χ0v) is 69.0. The van der Waals surface area contributed by atoms with Crippen LogP contribution < -0.4 is 32.7 Å². The van der Waals surface area contributed by atoms with Crippen molar-refractivity contribution >= 4 is 99.4 Å². The Bertz CT molecular complexity index is 4170. The number of hydrogen-bond donors (Lipinski definition) is 18. The number of urea groups is 1. The molecule has 13 rings (SSSR count). The first-order valence-electron chi connectivity index (χ1n) is 35.3. The third kappa shape index (κ3) is 26.0. The second-order valence-electron chi connectivity index (χ2n) is 26.5. The summed E-state index contributed by atoms with van der Waals surface area (Å²) < 4.78 is 67.3. The van der Waals surface area contributed by atoms with Gasteiger partial charge in [-0.3, -0.25) is 43.3 Å². The van der Waals surface area contributed by atoms with Gasteiger partial charge in [0.15, 0.2) is 24.9 Å². The molecule has 5 amide bonds. The van der Waals surface area contributed by atoms with Gasteiger partial charge in [-0.05, 0) is 83.3 Å². The van der Waals surface area contributed by atoms with E-state index < -0.39 is 168 Å². The molecule has 0 aromatic heterocycles. The summed E-state index contributed by atoms with van der Waals surface area (Å²) in [6, 6.07) is 30.5. The second kappa shape index (κ2) is 44.6. The van der Waals surface area contributed by atoms with Crippen LogP contribution in [-0.2, 0) is 95.2 Å². The van der Waals surface area contributed by atoms with Gasteiger partial charge in [-0.15, -0.1) is 0 Å². The topological polar surface area (TPSA) is 600 Å². The van der Waals surface area contributed by atoms with Gasteiger partial charge in [0, 0.05) is 85.7 Å². The number of ether oxygens (including phenoxy) is 4. The fraction of sp³-hybridized carbons (Fsp3) is 0.451. The number of nitrogens with one attached hydrogen (secondary N) is 1. The molecule has 39 nitrogen and oxygen atoms in total. The van der Waals surface area contributed by atoms with E-state index in [-0.39, 0.29) is 81.2 Å². The standard InChI is InChI=1S/C18H15P.C15H20N2O6.C13H17NO5.C12H19N2O14P3.C10H15IN2O5.C3H6O2.Pd/c1-4-10-16(11-5-1)19(17-12-6-2-7-13-17)18-14-8-3-9-15-18;1-8(19)3-2-4-9-6-17(12(20)5-10(9)16)15-14(22)13(21)11(7-18)23-15;15-6-9-11(17)12(18)13(19-9)14-5-8-3-1-2-7(8)4-10(14)16;15-9-8(5-25-30(21,22)28-31(23,24)27-29(18,19)20)26-11(10(9)16)14-4-6-2-1-3-7(6)13-12(14)17;11-4-2-13(7(15)1-5(4)12)10-9(17)8(16)6(3-14)18-10;1-3-5-4-2;/h1-15H;6,10-11,13-15,18,21-22H,3,5,7,16H2,1H3;1,3,5,7,9,11-13,15,17-18H,2,4,6H2;1-2,4,7-11,15-16H,3,5H2,(H,13,17)(H,21,22)(H,23,24)(H2,18,19,20);2,5-6,8-10,14,16-17H,1,3,12H2;3H,1H2,2H3;. The first kappa shape index (κ1) is 97.2. The molecule has 4 fully saturated rings. The Morgan fingerprint density at radius 1 is 0.586 bits per heavy atom. The van der Waals surface area contributed by atoms with Gasteiger partial charge in [0.2, 0.25) is 17.7 Å². The Hall–Kier alpha value is -5.94. The Morgan fingerprint density at radius 2 is 1.00 bits per heavy atom. The molecule has 3 aromatic rings. The van der Waals surface area contributed by atoms with E-state index in [1.165, 1.54) is 64.6 Å². The van der Waals surface area contributed by atoms with E-state index in [1.807, 2.05) is 40.8 Å². The molecule has 0 saturated carbocycles. The van der Waals surface area contributed by atoms with Crippen LogP contribution in [0.5, 0.6) is 0 Å². The third-order valence-corrected chi connectivity index (χ3v) is 25.7. The van der Waals surface area contributed by atoms with Crippen LogP contribution in [0.3, 0.4) is 0 Å². The minimum atomic E-state index is -5.71. The number of carbonyl (C=O) groups excluding carboxylic acids is 5. The van der Waals surface area contributed by atoms with Crippen LogP contribution in [0.1, 0.15) is 45.4 Å². The number of Topliss-reactive ketones (excluding diaryl/α,β-unsaturated/α-hetero) is 1. The summed E-state index contributed by atoms with van der Waals surface area (Å²) in [6.45, 7) is 2.35. The molecular weight excluding hydrogens is 1820 g/mol. The molecule has 0 bridgehead atoms. The maximum atomic E-state index is 12.3. The zero-order valence-electron chi connectivity index (χ0n) is 61.8. The van der Waals surface area contributed by atoms with E-state index in [4.69, 9.17) is 60.4 Å². The Kier molecular flexibility index (Phi) is 37.3. The van der Waals surface area contributed by atoms with Gasteiger partial charge in [0.25, 0.3) is 0 Å². The van der Waals surface area contributed by atoms with Gasteiger partial charge in [-0.2, -0.15) is 13.5 Å². The van der Waals surface area contributed by atoms with Gasteiger partial charge < -0.3 is 116 Å². The molecule has 8 aliphatic heterocycles. The number of fused-ring (bicyclic) bond motifs is 2. The number of allylic oxidation sites excluding steroid dienone is 3. The molecule has 22 atom stereocenters. The van der Waals surface area contributed by atoms with E-state index in [9.17, 15) is 83.4 Å². The number of ketones is 1. The number of rotatable bonds is 20. The Labute approximate surface area is 693 Å². The number of hydrogen-bond acceptors (Lipinski definition) is 30. The van der Waals surface area contributed by atoms with Crippen molar-refractivity contribution in [1.82, 2.24) is 24.9 Å². The summed E-state index contributed by atoms with van der Waals surface area (Å²) in [5, 5.41) is 113. The van der Waals surface area contributed by atoms with Crippen LogP contribution >= 0.6 is 54.0 Å². The zero-order chi connectivity index (χ0) is 84.4. The average molecular weight is 1910 g/mol. The second-order valence-corrected chi connectivity index (χ2v) is 34.4. The van der Waals surface area contributed by atoms with Gasteiger partial charge >= 0.3 is 29.5 Å². The third-order valence-electron chi connectivity index (χ3n) is 18.3. The van der Waals surface area contributed by atoms with Crippen molar-refractivity contribution in [3.05, 3.63) is 173 Å². The van der Waals surface area contributed by atoms with Crippen molar-refractivity contribution < 1.29 is 176 Å². The number of halogens is 1. The predicted molar refractivity (Wildman–Crippen MR) is 412 cm³/mol. The van der Waals surface area contributed by atoms with Gasteiger partial charge in [-0.25, -0.2) is 18.5 Å². The summed E-state index contributed by atoms with van der Waals surface area (Å²) in [4.78, 5) is 108. The first-order valence-corrected chi connectivity index (χ1v) is 42.2. The quantitative estimate of drug-likeness (QED) is 0.0115. The maximum absolute atomic E-state index is 12.3. The Balaban J connectivity index is 0.000000200. The number of phosphoric ester groups is 1. The minimum Gasteiger partial charge on any atom is -0.394 e. The van der Waals surface area contributed by atoms with E-state index in [2.05, 4.69) is 138 Å². The average Bonchev–Trinajstić information content (AvgIpc) is 1.63. The molecule has 45 heteroatoms. The summed E-state index contributed by atoms with van der Waals surface area (Å²) in [5.74, 6) is 4.76. The van der Waals surface area contributed by atoms with Crippen molar-refractivity contribution in [3.63, 3.8) is 0 Å². The molecule has 22 unspecified atom stereocenters. The SMILES string of the molecule is C=COOC.CC(=O)CC#CC1=CN(C2OC(CO)C(O)C2O)C(=O)CC1N.NC1CC(=O)N(C2OC(CO)C(O)C2O)C=C1I.O=C1CC2CC=CC2=CN1C1OC(CO)C(O)C1O.O=C1NC2CC=CC2=CN1C1OC(COP(=O)(O)OP(=O)(O)OP(=O)(O)O)C(O)C1O.[Pd].c1ccc(P(c2ccccc2)c2ccccc2)cc1. The summed E-state index contributed by atoms with van der Waals surface area (Å²) in [5.41, 5.74) is 13.8. The largest absolute Gasteiger partial charge is 0.490 e. The fourth-order valence-corrected chi connectivity index (χ4v) is 18.5. The summed E-state index contributed by atoms with van der Waals surface area (Å²) in [6.07, 6.45) is -2.77. The molecule has 2 aliphatic carbocycles. The van der Waals surface area contributed by atoms with Crippen LogP contribution in [-0.4, -0.2) is 275 Å². The molecule has 116 heavy (non-hydrogen) atoms. The number of benzene rings is 3. The first-order chi connectivity index (χ1) is 54.4. The van der Waals surface area contributed by atoms with E-state index in [1.54, 1.807) is 12.3 Å². The van der Waals surface area contributed by atoms with Crippen LogP contribution in [0.15, 0.2) is 173 Å². The molecule has 8 heterocycles. The van der Waals surface area contributed by atoms with Crippen LogP contribution in [0.25, 0.3) is 0 Å². The fourth-order valence-electron chi connectivity index (χ4n) is 12.6.